The summed E-state index contributed by atoms with van der Waals surface area (Å²) in [5, 5.41) is 0.461. The minimum absolute atomic E-state index is 0. The second-order valence-electron chi connectivity index (χ2n) is 5.27. The molecule has 0 amide bonds. The summed E-state index contributed by atoms with van der Waals surface area (Å²) in [5.41, 5.74) is 3.31. The zero-order valence-electron chi connectivity index (χ0n) is 15.6. The summed E-state index contributed by atoms with van der Waals surface area (Å²) in [4.78, 5) is 11.8. The van der Waals surface area contributed by atoms with Crippen molar-refractivity contribution < 1.29 is 44.7 Å². The van der Waals surface area contributed by atoms with Crippen LogP contribution in [-0.4, -0.2) is 39.5 Å². The molecule has 128 valence electrons. The molecule has 3 rings (SSSR count). The van der Waals surface area contributed by atoms with E-state index in [2.05, 4.69) is 15.0 Å². The Kier molecular flexibility index (Phi) is 7.58. The molecule has 0 spiro atoms. The van der Waals surface area contributed by atoms with Crippen molar-refractivity contribution in [3.05, 3.63) is 47.8 Å². The maximum atomic E-state index is 12.6. The molecule has 2 aromatic heterocycles. The van der Waals surface area contributed by atoms with Crippen LogP contribution >= 0.6 is 0 Å². The normalized spacial score (nSPS) is 11.9. The van der Waals surface area contributed by atoms with Crippen molar-refractivity contribution in [3.8, 4) is 5.75 Å². The van der Waals surface area contributed by atoms with Crippen LogP contribution in [0.2, 0.25) is 0 Å². The van der Waals surface area contributed by atoms with Crippen LogP contribution in [0.15, 0.2) is 41.7 Å². The van der Waals surface area contributed by atoms with Gasteiger partial charge in [0.25, 0.3) is 0 Å². The predicted octanol–water partition coefficient (Wildman–Crippen LogP) is -0.284. The average molecular weight is 369 g/mol. The van der Waals surface area contributed by atoms with Crippen molar-refractivity contribution in [1.29, 1.82) is 0 Å². The molecule has 25 heavy (non-hydrogen) atoms. The number of aromatic nitrogens is 3. The molecule has 6 nitrogen and oxygen atoms in total. The van der Waals surface area contributed by atoms with E-state index in [1.165, 1.54) is 0 Å². The summed E-state index contributed by atoms with van der Waals surface area (Å²) in [6.07, 6.45) is 1.67. The van der Waals surface area contributed by atoms with Gasteiger partial charge in [-0.25, -0.2) is 4.98 Å². The first-order chi connectivity index (χ1) is 11.7. The number of hydrogen-bond donors (Lipinski definition) is 1. The van der Waals surface area contributed by atoms with Crippen LogP contribution in [0.4, 0.5) is 0 Å². The molecule has 1 atom stereocenters. The predicted molar refractivity (Wildman–Crippen MR) is 93.7 cm³/mol. The number of pyridine rings is 1. The smallest absolute Gasteiger partial charge is 1.00 e. The van der Waals surface area contributed by atoms with Gasteiger partial charge in [0.15, 0.2) is 5.16 Å². The van der Waals surface area contributed by atoms with E-state index in [9.17, 15) is 4.21 Å². The first-order valence-electron chi connectivity index (χ1n) is 7.58. The molecule has 0 saturated heterocycles. The zero-order chi connectivity index (χ0) is 16.9. The molecule has 2 heterocycles. The van der Waals surface area contributed by atoms with Crippen molar-refractivity contribution in [3.63, 3.8) is 0 Å². The number of nitrogens with one attached hydrogen (secondary N) is 1. The largest absolute Gasteiger partial charge is 1.00 e. The molecule has 0 saturated carbocycles. The van der Waals surface area contributed by atoms with Crippen LogP contribution in [0, 0.1) is 6.92 Å². The fourth-order valence-electron chi connectivity index (χ4n) is 2.33. The maximum Gasteiger partial charge on any atom is 1.00 e. The van der Waals surface area contributed by atoms with Gasteiger partial charge in [0.1, 0.15) is 12.4 Å². The van der Waals surface area contributed by atoms with E-state index < -0.39 is 10.8 Å². The molecule has 3 aromatic rings. The number of nitrogens with zero attached hydrogens (tertiary/aromatic N) is 2. The van der Waals surface area contributed by atoms with Gasteiger partial charge < -0.3 is 15.9 Å². The van der Waals surface area contributed by atoms with Crippen LogP contribution < -0.4 is 34.3 Å². The average Bonchev–Trinajstić information content (AvgIpc) is 3.02. The van der Waals surface area contributed by atoms with E-state index in [-0.39, 0.29) is 36.7 Å². The van der Waals surface area contributed by atoms with Crippen molar-refractivity contribution in [2.45, 2.75) is 17.8 Å². The third kappa shape index (κ3) is 4.89. The monoisotopic (exact) mass is 369 g/mol. The summed E-state index contributed by atoms with van der Waals surface area (Å²) < 4.78 is 23.3. The third-order valence-electron chi connectivity index (χ3n) is 3.65. The second kappa shape index (κ2) is 9.45. The Morgan fingerprint density at radius 2 is 2.04 bits per heavy atom. The van der Waals surface area contributed by atoms with Crippen molar-refractivity contribution in [1.82, 2.24) is 15.0 Å². The molecule has 1 N–H and O–H groups in total. The van der Waals surface area contributed by atoms with Crippen LogP contribution in [-0.2, 0) is 21.3 Å². The quantitative estimate of drug-likeness (QED) is 0.458. The second-order valence-corrected chi connectivity index (χ2v) is 6.64. The van der Waals surface area contributed by atoms with Crippen molar-refractivity contribution in [2.75, 3.05) is 20.3 Å². The van der Waals surface area contributed by atoms with Gasteiger partial charge in [0, 0.05) is 18.9 Å². The molecule has 0 aliphatic carbocycles. The number of imidazole rings is 1. The molecule has 1 unspecified atom stereocenters. The topological polar surface area (TPSA) is 77.1 Å². The van der Waals surface area contributed by atoms with Gasteiger partial charge >= 0.3 is 29.6 Å². The molecule has 0 aliphatic heterocycles. The summed E-state index contributed by atoms with van der Waals surface area (Å²) >= 11 is 0. The molecule has 0 aliphatic rings. The van der Waals surface area contributed by atoms with Crippen molar-refractivity contribution >= 4 is 21.8 Å². The number of ether oxygens (including phenoxy) is 2. The van der Waals surface area contributed by atoms with Crippen LogP contribution in [0.25, 0.3) is 11.0 Å². The summed E-state index contributed by atoms with van der Waals surface area (Å²) in [6.45, 7) is 2.90. The van der Waals surface area contributed by atoms with Gasteiger partial charge in [0.2, 0.25) is 0 Å². The minimum Gasteiger partial charge on any atom is -1.00 e. The number of benzene rings is 1. The van der Waals surface area contributed by atoms with E-state index in [1.54, 1.807) is 19.4 Å². The van der Waals surface area contributed by atoms with Gasteiger partial charge in [-0.1, -0.05) is 12.1 Å². The number of aromatic amines is 1. The van der Waals surface area contributed by atoms with Crippen LogP contribution in [0.5, 0.6) is 5.75 Å². The van der Waals surface area contributed by atoms with Crippen LogP contribution in [0.3, 0.4) is 0 Å². The van der Waals surface area contributed by atoms with E-state index in [1.807, 2.05) is 31.2 Å². The van der Waals surface area contributed by atoms with E-state index >= 15 is 0 Å². The number of rotatable bonds is 7. The molecule has 0 fully saturated rings. The van der Waals surface area contributed by atoms with Gasteiger partial charge in [-0.15, -0.1) is 0 Å². The Balaban J connectivity index is 0.00000169. The first-order valence-corrected chi connectivity index (χ1v) is 8.90. The van der Waals surface area contributed by atoms with Crippen LogP contribution in [0.1, 0.15) is 12.7 Å². The Labute approximate surface area is 172 Å². The summed E-state index contributed by atoms with van der Waals surface area (Å²) in [6, 6.07) is 9.43. The number of para-hydroxylation sites is 2. The molecule has 8 heteroatoms. The molecular formula is C17H20N3NaO3S. The standard InChI is InChI=1S/C17H19N3O3S.Na.H/c1-12-15(18-8-7-16(12)23-10-9-22-2)11-24(21)17-19-13-5-3-4-6-14(13)20-17;;/h3-8H,9-11H2,1-2H3,(H,19,20);;/q;+1;-1. The Hall–Kier alpha value is -1.25. The van der Waals surface area contributed by atoms with E-state index in [0.717, 1.165) is 28.0 Å². The van der Waals surface area contributed by atoms with Gasteiger partial charge in [-0.05, 0) is 25.1 Å². The Morgan fingerprint density at radius 1 is 1.24 bits per heavy atom. The molecule has 0 radical (unpaired) electrons. The number of hydrogen-bond acceptors (Lipinski definition) is 5. The fourth-order valence-corrected chi connectivity index (χ4v) is 3.43. The van der Waals surface area contributed by atoms with E-state index in [0.29, 0.717) is 18.4 Å². The molecule has 1 aromatic carbocycles. The van der Waals surface area contributed by atoms with Gasteiger partial charge in [-0.3, -0.25) is 9.19 Å². The maximum absolute atomic E-state index is 12.6. The Morgan fingerprint density at radius 3 is 2.80 bits per heavy atom. The third-order valence-corrected chi connectivity index (χ3v) is 4.82. The minimum atomic E-state index is -1.30. The molecule has 0 bridgehead atoms. The number of fused-ring (bicyclic) bond motifs is 1. The number of H-pyrrole nitrogens is 1. The number of methoxy groups -OCH3 is 1. The van der Waals surface area contributed by atoms with Gasteiger partial charge in [0.05, 0.1) is 39.9 Å². The first kappa shape index (κ1) is 20.1. The van der Waals surface area contributed by atoms with E-state index in [4.69, 9.17) is 9.47 Å². The summed E-state index contributed by atoms with van der Waals surface area (Å²) in [7, 11) is 0.327. The molecular weight excluding hydrogens is 349 g/mol. The Bertz CT molecular complexity index is 842. The van der Waals surface area contributed by atoms with Crippen molar-refractivity contribution in [2.24, 2.45) is 0 Å². The SMILES string of the molecule is COCCOc1ccnc(CS(=O)c2nc3ccccc3[nH]2)c1C.[H-].[Na+]. The fraction of sp³-hybridized carbons (Fsp3) is 0.294. The summed E-state index contributed by atoms with van der Waals surface area (Å²) in [5.74, 6) is 1.02. The zero-order valence-corrected chi connectivity index (χ0v) is 17.4. The van der Waals surface area contributed by atoms with Gasteiger partial charge in [-0.2, -0.15) is 0 Å².